The van der Waals surface area contributed by atoms with Crippen molar-refractivity contribution in [2.24, 2.45) is 0 Å². The number of aliphatic hydroxyl groups is 1. The second-order valence-corrected chi connectivity index (χ2v) is 10.3. The summed E-state index contributed by atoms with van der Waals surface area (Å²) in [6.45, 7) is 1.57. The van der Waals surface area contributed by atoms with Gasteiger partial charge in [-0.1, -0.05) is 121 Å². The summed E-state index contributed by atoms with van der Waals surface area (Å²) in [6, 6.07) is 32.2. The van der Waals surface area contributed by atoms with Crippen LogP contribution < -0.4 is 0 Å². The number of aliphatic carboxylic acids is 1. The number of carboxylic acids is 1. The average molecular weight is 565 g/mol. The molecule has 2 N–H and O–H groups in total. The van der Waals surface area contributed by atoms with Gasteiger partial charge in [0.05, 0.1) is 0 Å². The number of rotatable bonds is 10. The monoisotopic (exact) mass is 564 g/mol. The molecule has 1 aliphatic heterocycles. The summed E-state index contributed by atoms with van der Waals surface area (Å²) in [4.78, 5) is 43.0. The first-order valence-electron chi connectivity index (χ1n) is 13.7. The van der Waals surface area contributed by atoms with Gasteiger partial charge in [-0.2, -0.15) is 0 Å². The van der Waals surface area contributed by atoms with Crippen LogP contribution in [0.15, 0.2) is 121 Å². The Morgan fingerprint density at radius 3 is 1.50 bits per heavy atom. The maximum Gasteiger partial charge on any atom is 0.332 e. The van der Waals surface area contributed by atoms with E-state index < -0.39 is 41.8 Å². The van der Waals surface area contributed by atoms with Crippen molar-refractivity contribution in [3.8, 4) is 0 Å². The van der Waals surface area contributed by atoms with Crippen molar-refractivity contribution in [1.82, 2.24) is 9.80 Å². The molecule has 0 bridgehead atoms. The van der Waals surface area contributed by atoms with E-state index in [2.05, 4.69) is 0 Å². The van der Waals surface area contributed by atoms with Gasteiger partial charge in [-0.05, 0) is 29.2 Å². The van der Waals surface area contributed by atoms with Gasteiger partial charge >= 0.3 is 18.0 Å². The minimum Gasteiger partial charge on any atom is -0.480 e. The zero-order valence-electron chi connectivity index (χ0n) is 23.1. The second kappa shape index (κ2) is 12.3. The molecule has 0 aliphatic carbocycles. The summed E-state index contributed by atoms with van der Waals surface area (Å²) >= 11 is 0. The number of urea groups is 1. The van der Waals surface area contributed by atoms with Crippen molar-refractivity contribution in [1.29, 1.82) is 0 Å². The van der Waals surface area contributed by atoms with Gasteiger partial charge in [0.1, 0.15) is 6.10 Å². The van der Waals surface area contributed by atoms with Crippen LogP contribution in [0.3, 0.4) is 0 Å². The lowest BCUT2D eigenvalue weighted by atomic mass is 9.82. The van der Waals surface area contributed by atoms with Crippen LogP contribution in [-0.4, -0.2) is 56.2 Å². The van der Waals surface area contributed by atoms with E-state index in [0.29, 0.717) is 11.1 Å². The summed E-state index contributed by atoms with van der Waals surface area (Å²) in [5.74, 6) is -2.24. The molecule has 1 saturated heterocycles. The van der Waals surface area contributed by atoms with Gasteiger partial charge in [-0.15, -0.1) is 0 Å². The molecule has 8 heteroatoms. The fourth-order valence-corrected chi connectivity index (χ4v) is 5.51. The Bertz CT molecular complexity index is 1480. The fraction of sp³-hybridized carbons (Fsp3) is 0.206. The molecular weight excluding hydrogens is 532 g/mol. The molecule has 2 amide bonds. The van der Waals surface area contributed by atoms with E-state index in [4.69, 9.17) is 4.74 Å². The highest BCUT2D eigenvalue weighted by atomic mass is 16.6. The van der Waals surface area contributed by atoms with Crippen LogP contribution in [0.2, 0.25) is 0 Å². The zero-order chi connectivity index (χ0) is 29.7. The maximum absolute atomic E-state index is 14.0. The van der Waals surface area contributed by atoms with Crippen LogP contribution in [-0.2, 0) is 33.0 Å². The van der Waals surface area contributed by atoms with Gasteiger partial charge < -0.3 is 24.7 Å². The number of benzene rings is 4. The van der Waals surface area contributed by atoms with Gasteiger partial charge in [0.15, 0.2) is 17.7 Å². The molecule has 1 aliphatic rings. The minimum atomic E-state index is -1.74. The Morgan fingerprint density at radius 2 is 1.10 bits per heavy atom. The zero-order valence-corrected chi connectivity index (χ0v) is 23.1. The third-order valence-electron chi connectivity index (χ3n) is 7.66. The van der Waals surface area contributed by atoms with Gasteiger partial charge in [0.2, 0.25) is 0 Å². The predicted molar refractivity (Wildman–Crippen MR) is 156 cm³/mol. The summed E-state index contributed by atoms with van der Waals surface area (Å²) < 4.78 is 5.93. The summed E-state index contributed by atoms with van der Waals surface area (Å²) in [5.41, 5.74) is 0.712. The minimum absolute atomic E-state index is 0.000762. The van der Waals surface area contributed by atoms with Crippen LogP contribution in [0.1, 0.15) is 29.2 Å². The Morgan fingerprint density at radius 1 is 0.714 bits per heavy atom. The van der Waals surface area contributed by atoms with E-state index in [9.17, 15) is 24.6 Å². The maximum atomic E-state index is 14.0. The molecule has 8 nitrogen and oxygen atoms in total. The molecule has 3 atom stereocenters. The van der Waals surface area contributed by atoms with Crippen LogP contribution in [0.5, 0.6) is 0 Å². The number of hydrogen-bond donors (Lipinski definition) is 2. The molecular formula is C34H32N2O6. The highest BCUT2D eigenvalue weighted by Crippen LogP contribution is 2.36. The quantitative estimate of drug-likeness (QED) is 0.268. The van der Waals surface area contributed by atoms with E-state index >= 15 is 0 Å². The Balaban J connectivity index is 1.51. The van der Waals surface area contributed by atoms with Crippen molar-refractivity contribution >= 4 is 18.0 Å². The molecule has 4 aromatic carbocycles. The number of amides is 2. The molecule has 42 heavy (non-hydrogen) atoms. The largest absolute Gasteiger partial charge is 0.480 e. The molecule has 0 saturated carbocycles. The smallest absolute Gasteiger partial charge is 0.332 e. The summed E-state index contributed by atoms with van der Waals surface area (Å²) in [7, 11) is 0. The average Bonchev–Trinajstić information content (AvgIpc) is 3.29. The van der Waals surface area contributed by atoms with Gasteiger partial charge in [0.25, 0.3) is 0 Å². The van der Waals surface area contributed by atoms with Gasteiger partial charge in [-0.25, -0.2) is 14.4 Å². The number of carbonyl (C=O) groups excluding carboxylic acids is 2. The number of carboxylic acid groups (broad SMARTS) is 1. The van der Waals surface area contributed by atoms with E-state index in [-0.39, 0.29) is 13.1 Å². The van der Waals surface area contributed by atoms with Crippen LogP contribution in [0.4, 0.5) is 4.79 Å². The van der Waals surface area contributed by atoms with E-state index in [0.717, 1.165) is 11.1 Å². The lowest BCUT2D eigenvalue weighted by Crippen LogP contribution is -2.51. The highest BCUT2D eigenvalue weighted by molar-refractivity contribution is 5.96. The number of carbonyl (C=O) groups is 3. The van der Waals surface area contributed by atoms with Crippen LogP contribution in [0, 0.1) is 0 Å². The standard InChI is InChI=1S/C34H32N2O6/c1-24(34(41,27-18-10-4-11-19-27)28-20-12-5-13-21-28)42-32(39)30-29(31(37)38)35(22-25-14-6-2-7-15-25)33(40)36(30)23-26-16-8-3-9-17-26/h2-21,24,29-30,41H,22-23H2,1H3,(H,37,38)/t24-,29-,30+/m0/s1. The van der Waals surface area contributed by atoms with Crippen LogP contribution >= 0.6 is 0 Å². The Labute approximate surface area is 244 Å². The first-order valence-corrected chi connectivity index (χ1v) is 13.7. The van der Waals surface area contributed by atoms with Crippen molar-refractivity contribution in [3.05, 3.63) is 144 Å². The Hall–Kier alpha value is -4.95. The molecule has 0 radical (unpaired) electrons. The molecule has 1 fully saturated rings. The second-order valence-electron chi connectivity index (χ2n) is 10.3. The Kier molecular flexibility index (Phi) is 8.36. The molecule has 5 rings (SSSR count). The molecule has 0 spiro atoms. The van der Waals surface area contributed by atoms with Crippen LogP contribution in [0.25, 0.3) is 0 Å². The summed E-state index contributed by atoms with van der Waals surface area (Å²) in [6.07, 6.45) is -1.14. The van der Waals surface area contributed by atoms with Gasteiger partial charge in [-0.3, -0.25) is 0 Å². The first kappa shape index (κ1) is 28.6. The molecule has 0 aromatic heterocycles. The van der Waals surface area contributed by atoms with Crippen molar-refractivity contribution < 1.29 is 29.3 Å². The molecule has 0 unspecified atom stereocenters. The lowest BCUT2D eigenvalue weighted by Gasteiger charge is -2.36. The topological polar surface area (TPSA) is 107 Å². The fourth-order valence-electron chi connectivity index (χ4n) is 5.51. The first-order chi connectivity index (χ1) is 20.3. The number of nitrogens with zero attached hydrogens (tertiary/aromatic N) is 2. The van der Waals surface area contributed by atoms with Crippen molar-refractivity contribution in [2.45, 2.75) is 43.8 Å². The molecule has 1 heterocycles. The molecule has 214 valence electrons. The van der Waals surface area contributed by atoms with Gasteiger partial charge in [0, 0.05) is 13.1 Å². The number of esters is 1. The third-order valence-corrected chi connectivity index (χ3v) is 7.66. The highest BCUT2D eigenvalue weighted by Gasteiger charge is 2.55. The van der Waals surface area contributed by atoms with E-state index in [1.165, 1.54) is 9.80 Å². The number of ether oxygens (including phenoxy) is 1. The SMILES string of the molecule is C[C@H](OC(=O)[C@H]1[C@@H](C(=O)O)N(Cc2ccccc2)C(=O)N1Cc1ccccc1)C(O)(c1ccccc1)c1ccccc1. The normalized spacial score (nSPS) is 17.6. The van der Waals surface area contributed by atoms with E-state index in [1.54, 1.807) is 91.9 Å². The predicted octanol–water partition coefficient (Wildman–Crippen LogP) is 4.81. The summed E-state index contributed by atoms with van der Waals surface area (Å²) in [5, 5.41) is 22.5. The number of hydrogen-bond acceptors (Lipinski definition) is 5. The van der Waals surface area contributed by atoms with Crippen molar-refractivity contribution in [2.75, 3.05) is 0 Å². The van der Waals surface area contributed by atoms with E-state index in [1.807, 2.05) is 36.4 Å². The molecule has 4 aromatic rings. The van der Waals surface area contributed by atoms with Crippen molar-refractivity contribution in [3.63, 3.8) is 0 Å². The third kappa shape index (κ3) is 5.62. The lowest BCUT2D eigenvalue weighted by molar-refractivity contribution is -0.168.